The molecule has 3 unspecified atom stereocenters. The summed E-state index contributed by atoms with van der Waals surface area (Å²) in [6.45, 7) is 1.90. The van der Waals surface area contributed by atoms with Crippen LogP contribution >= 0.6 is 0 Å². The summed E-state index contributed by atoms with van der Waals surface area (Å²) in [5.74, 6) is 0. The first kappa shape index (κ1) is 12.1. The van der Waals surface area contributed by atoms with Gasteiger partial charge in [-0.15, -0.1) is 0 Å². The van der Waals surface area contributed by atoms with Crippen LogP contribution in [0.5, 0.6) is 0 Å². The third-order valence-corrected chi connectivity index (χ3v) is 4.93. The van der Waals surface area contributed by atoms with Crippen molar-refractivity contribution >= 4 is 0 Å². The smallest absolute Gasteiger partial charge is 0.132 e. The first-order valence-electron chi connectivity index (χ1n) is 7.19. The van der Waals surface area contributed by atoms with Crippen molar-refractivity contribution in [1.82, 2.24) is 0 Å². The molecule has 1 heterocycles. The molecule has 0 aromatic heterocycles. The topological polar surface area (TPSA) is 32.8 Å². The van der Waals surface area contributed by atoms with Gasteiger partial charge in [-0.05, 0) is 36.5 Å². The second-order valence-corrected chi connectivity index (χ2v) is 6.03. The van der Waals surface area contributed by atoms with Gasteiger partial charge in [0.25, 0.3) is 0 Å². The Labute approximate surface area is 119 Å². The average molecular weight is 266 g/mol. The lowest BCUT2D eigenvalue weighted by atomic mass is 9.70. The number of benzene rings is 2. The summed E-state index contributed by atoms with van der Waals surface area (Å²) in [6, 6.07) is 18.4. The van der Waals surface area contributed by atoms with Crippen LogP contribution in [0.2, 0.25) is 0 Å². The van der Waals surface area contributed by atoms with E-state index in [1.54, 1.807) is 0 Å². The van der Waals surface area contributed by atoms with Crippen LogP contribution in [0.1, 0.15) is 36.1 Å². The molecule has 2 heteroatoms. The van der Waals surface area contributed by atoms with Gasteiger partial charge in [-0.3, -0.25) is 0 Å². The SMILES string of the molecule is CC1(O)c2ccccc2CCC12OC2c1ccccc1. The highest BCUT2D eigenvalue weighted by atomic mass is 16.6. The highest BCUT2D eigenvalue weighted by Crippen LogP contribution is 2.63. The third-order valence-electron chi connectivity index (χ3n) is 4.93. The Morgan fingerprint density at radius 3 is 2.55 bits per heavy atom. The van der Waals surface area contributed by atoms with Gasteiger partial charge in [-0.2, -0.15) is 0 Å². The zero-order valence-electron chi connectivity index (χ0n) is 11.5. The summed E-state index contributed by atoms with van der Waals surface area (Å²) in [6.07, 6.45) is 1.85. The van der Waals surface area contributed by atoms with Crippen LogP contribution in [0.15, 0.2) is 54.6 Å². The number of hydrogen-bond donors (Lipinski definition) is 1. The highest BCUT2D eigenvalue weighted by Gasteiger charge is 2.68. The lowest BCUT2D eigenvalue weighted by Gasteiger charge is -2.37. The molecule has 20 heavy (non-hydrogen) atoms. The number of aryl methyl sites for hydroxylation is 1. The molecular formula is C18H18O2. The summed E-state index contributed by atoms with van der Waals surface area (Å²) >= 11 is 0. The van der Waals surface area contributed by atoms with Gasteiger partial charge in [0.1, 0.15) is 17.3 Å². The van der Waals surface area contributed by atoms with E-state index in [2.05, 4.69) is 18.2 Å². The molecule has 1 saturated heterocycles. The second kappa shape index (κ2) is 3.94. The van der Waals surface area contributed by atoms with Gasteiger partial charge in [0.2, 0.25) is 0 Å². The molecule has 0 radical (unpaired) electrons. The number of fused-ring (bicyclic) bond motifs is 1. The molecule has 4 rings (SSSR count). The van der Waals surface area contributed by atoms with Crippen LogP contribution in [0.3, 0.4) is 0 Å². The number of rotatable bonds is 1. The van der Waals surface area contributed by atoms with Crippen LogP contribution in [-0.2, 0) is 16.8 Å². The van der Waals surface area contributed by atoms with Crippen LogP contribution in [-0.4, -0.2) is 10.7 Å². The molecule has 2 aromatic carbocycles. The number of epoxide rings is 1. The van der Waals surface area contributed by atoms with Crippen molar-refractivity contribution in [1.29, 1.82) is 0 Å². The number of hydrogen-bond acceptors (Lipinski definition) is 2. The highest BCUT2D eigenvalue weighted by molar-refractivity contribution is 5.43. The summed E-state index contributed by atoms with van der Waals surface area (Å²) in [4.78, 5) is 0. The Kier molecular flexibility index (Phi) is 2.39. The van der Waals surface area contributed by atoms with Crippen molar-refractivity contribution in [3.05, 3.63) is 71.3 Å². The van der Waals surface area contributed by atoms with E-state index in [0.29, 0.717) is 0 Å². The molecule has 2 nitrogen and oxygen atoms in total. The predicted octanol–water partition coefficient (Wildman–Crippen LogP) is 3.35. The monoisotopic (exact) mass is 266 g/mol. The lowest BCUT2D eigenvalue weighted by molar-refractivity contribution is -0.0385. The van der Waals surface area contributed by atoms with Crippen LogP contribution < -0.4 is 0 Å². The minimum atomic E-state index is -0.928. The Hall–Kier alpha value is -1.64. The summed E-state index contributed by atoms with van der Waals surface area (Å²) in [5, 5.41) is 11.1. The molecule has 0 bridgehead atoms. The Morgan fingerprint density at radius 2 is 1.75 bits per heavy atom. The molecule has 2 aromatic rings. The first-order chi connectivity index (χ1) is 9.65. The zero-order chi connectivity index (χ0) is 13.8. The van der Waals surface area contributed by atoms with Crippen LogP contribution in [0.25, 0.3) is 0 Å². The molecule has 3 atom stereocenters. The lowest BCUT2D eigenvalue weighted by Crippen LogP contribution is -2.44. The summed E-state index contributed by atoms with van der Waals surface area (Å²) in [7, 11) is 0. The third kappa shape index (κ3) is 1.46. The first-order valence-corrected chi connectivity index (χ1v) is 7.19. The Bertz CT molecular complexity index is 647. The quantitative estimate of drug-likeness (QED) is 0.803. The molecule has 1 aliphatic heterocycles. The van der Waals surface area contributed by atoms with E-state index in [0.717, 1.165) is 24.0 Å². The van der Waals surface area contributed by atoms with Gasteiger partial charge in [0.05, 0.1) is 0 Å². The molecule has 0 saturated carbocycles. The molecule has 1 N–H and O–H groups in total. The van der Waals surface area contributed by atoms with Gasteiger partial charge in [0.15, 0.2) is 0 Å². The van der Waals surface area contributed by atoms with E-state index in [1.165, 1.54) is 5.56 Å². The van der Waals surface area contributed by atoms with E-state index < -0.39 is 11.2 Å². The fourth-order valence-corrected chi connectivity index (χ4v) is 3.71. The minimum Gasteiger partial charge on any atom is -0.382 e. The molecule has 1 spiro atoms. The Balaban J connectivity index is 1.76. The van der Waals surface area contributed by atoms with E-state index in [1.807, 2.05) is 43.3 Å². The van der Waals surface area contributed by atoms with Crippen molar-refractivity contribution in [2.24, 2.45) is 0 Å². The standard InChI is InChI=1S/C18H18O2/c1-17(19)15-10-6-5-7-13(15)11-12-18(17)16(20-18)14-8-3-2-4-9-14/h2-10,16,19H,11-12H2,1H3. The maximum atomic E-state index is 11.1. The fourth-order valence-electron chi connectivity index (χ4n) is 3.71. The minimum absolute atomic E-state index is 0.00653. The van der Waals surface area contributed by atoms with Crippen molar-refractivity contribution in [2.75, 3.05) is 0 Å². The number of aliphatic hydroxyl groups is 1. The van der Waals surface area contributed by atoms with Gasteiger partial charge in [0, 0.05) is 0 Å². The van der Waals surface area contributed by atoms with E-state index in [9.17, 15) is 5.11 Å². The maximum absolute atomic E-state index is 11.1. The molecular weight excluding hydrogens is 248 g/mol. The summed E-state index contributed by atoms with van der Waals surface area (Å²) < 4.78 is 6.05. The van der Waals surface area contributed by atoms with Gasteiger partial charge in [-0.25, -0.2) is 0 Å². The summed E-state index contributed by atoms with van der Waals surface area (Å²) in [5.41, 5.74) is 2.03. The van der Waals surface area contributed by atoms with Crippen LogP contribution in [0, 0.1) is 0 Å². The van der Waals surface area contributed by atoms with Crippen molar-refractivity contribution < 1.29 is 9.84 Å². The van der Waals surface area contributed by atoms with E-state index >= 15 is 0 Å². The van der Waals surface area contributed by atoms with Crippen LogP contribution in [0.4, 0.5) is 0 Å². The number of ether oxygens (including phenoxy) is 1. The molecule has 2 aliphatic rings. The maximum Gasteiger partial charge on any atom is 0.132 e. The molecule has 102 valence electrons. The van der Waals surface area contributed by atoms with Crippen molar-refractivity contribution in [3.63, 3.8) is 0 Å². The average Bonchev–Trinajstić information content (AvgIpc) is 3.22. The molecule has 1 fully saturated rings. The predicted molar refractivity (Wildman–Crippen MR) is 77.3 cm³/mol. The second-order valence-electron chi connectivity index (χ2n) is 6.03. The van der Waals surface area contributed by atoms with Gasteiger partial charge in [-0.1, -0.05) is 54.6 Å². The van der Waals surface area contributed by atoms with Crippen molar-refractivity contribution in [2.45, 2.75) is 37.1 Å². The fraction of sp³-hybridized carbons (Fsp3) is 0.333. The zero-order valence-corrected chi connectivity index (χ0v) is 11.5. The van der Waals surface area contributed by atoms with Gasteiger partial charge < -0.3 is 9.84 Å². The normalized spacial score (nSPS) is 34.8. The molecule has 0 amide bonds. The van der Waals surface area contributed by atoms with Gasteiger partial charge >= 0.3 is 0 Å². The van der Waals surface area contributed by atoms with Crippen molar-refractivity contribution in [3.8, 4) is 0 Å². The Morgan fingerprint density at radius 1 is 1.05 bits per heavy atom. The largest absolute Gasteiger partial charge is 0.382 e. The van der Waals surface area contributed by atoms with E-state index in [4.69, 9.17) is 4.74 Å². The van der Waals surface area contributed by atoms with E-state index in [-0.39, 0.29) is 6.10 Å². The molecule has 1 aliphatic carbocycles.